The molecule has 2 atom stereocenters. The van der Waals surface area contributed by atoms with E-state index in [2.05, 4.69) is 4.98 Å². The van der Waals surface area contributed by atoms with E-state index in [1.165, 1.54) is 0 Å². The van der Waals surface area contributed by atoms with Crippen molar-refractivity contribution < 1.29 is 13.9 Å². The zero-order chi connectivity index (χ0) is 12.3. The number of aliphatic hydroxyl groups excluding tert-OH is 1. The fourth-order valence-electron chi connectivity index (χ4n) is 2.47. The Morgan fingerprint density at radius 3 is 2.88 bits per heavy atom. The number of hydrogen-bond donors (Lipinski definition) is 1. The molecule has 0 aliphatic heterocycles. The van der Waals surface area contributed by atoms with Crippen LogP contribution in [-0.2, 0) is 6.42 Å². The average molecular weight is 241 g/mol. The van der Waals surface area contributed by atoms with E-state index in [9.17, 15) is 13.9 Å². The molecule has 0 spiro atoms. The predicted octanol–water partition coefficient (Wildman–Crippen LogP) is 2.81. The standard InChI is InChI=1S/C13H17F2NO/c14-13(15)5-4-10(9-13)7-12(17)8-11-3-1-2-6-16-11/h1-3,6,10,12,17H,4-5,7-9H2. The smallest absolute Gasteiger partial charge is 0.248 e. The largest absolute Gasteiger partial charge is 0.393 e. The number of hydrogen-bond acceptors (Lipinski definition) is 2. The molecule has 0 radical (unpaired) electrons. The van der Waals surface area contributed by atoms with Crippen molar-refractivity contribution in [1.82, 2.24) is 4.98 Å². The summed E-state index contributed by atoms with van der Waals surface area (Å²) in [6, 6.07) is 5.51. The summed E-state index contributed by atoms with van der Waals surface area (Å²) in [5.41, 5.74) is 0.810. The molecule has 1 saturated carbocycles. The Morgan fingerprint density at radius 2 is 2.29 bits per heavy atom. The number of pyridine rings is 1. The van der Waals surface area contributed by atoms with E-state index in [0.29, 0.717) is 19.3 Å². The van der Waals surface area contributed by atoms with Crippen molar-refractivity contribution in [3.63, 3.8) is 0 Å². The van der Waals surface area contributed by atoms with E-state index < -0.39 is 12.0 Å². The number of nitrogens with zero attached hydrogens (tertiary/aromatic N) is 1. The van der Waals surface area contributed by atoms with Crippen LogP contribution in [0, 0.1) is 5.92 Å². The highest BCUT2D eigenvalue weighted by molar-refractivity contribution is 5.04. The third kappa shape index (κ3) is 3.73. The van der Waals surface area contributed by atoms with Crippen LogP contribution in [0.1, 0.15) is 31.4 Å². The highest BCUT2D eigenvalue weighted by Crippen LogP contribution is 2.40. The third-order valence-electron chi connectivity index (χ3n) is 3.28. The van der Waals surface area contributed by atoms with E-state index in [4.69, 9.17) is 0 Å². The second kappa shape index (κ2) is 5.08. The lowest BCUT2D eigenvalue weighted by Gasteiger charge is -2.15. The predicted molar refractivity (Wildman–Crippen MR) is 60.9 cm³/mol. The Balaban J connectivity index is 1.80. The quantitative estimate of drug-likeness (QED) is 0.879. The fraction of sp³-hybridized carbons (Fsp3) is 0.615. The van der Waals surface area contributed by atoms with Gasteiger partial charge >= 0.3 is 0 Å². The number of rotatable bonds is 4. The molecule has 1 aromatic rings. The van der Waals surface area contributed by atoms with E-state index in [1.807, 2.05) is 18.2 Å². The van der Waals surface area contributed by atoms with Crippen LogP contribution >= 0.6 is 0 Å². The van der Waals surface area contributed by atoms with Crippen LogP contribution in [0.3, 0.4) is 0 Å². The van der Waals surface area contributed by atoms with Crippen LogP contribution in [0.4, 0.5) is 8.78 Å². The van der Waals surface area contributed by atoms with Gasteiger partial charge in [0.15, 0.2) is 0 Å². The highest BCUT2D eigenvalue weighted by Gasteiger charge is 2.39. The monoisotopic (exact) mass is 241 g/mol. The topological polar surface area (TPSA) is 33.1 Å². The first-order valence-electron chi connectivity index (χ1n) is 6.01. The normalized spacial score (nSPS) is 24.8. The molecule has 0 saturated heterocycles. The van der Waals surface area contributed by atoms with Gasteiger partial charge in [-0.2, -0.15) is 0 Å². The van der Waals surface area contributed by atoms with Gasteiger partial charge in [-0.25, -0.2) is 8.78 Å². The van der Waals surface area contributed by atoms with Crippen LogP contribution in [0.5, 0.6) is 0 Å². The van der Waals surface area contributed by atoms with E-state index in [0.717, 1.165) is 5.69 Å². The molecule has 2 nitrogen and oxygen atoms in total. The molecule has 2 unspecified atom stereocenters. The zero-order valence-corrected chi connectivity index (χ0v) is 9.65. The van der Waals surface area contributed by atoms with Gasteiger partial charge in [-0.1, -0.05) is 6.07 Å². The lowest BCUT2D eigenvalue weighted by molar-refractivity contribution is 0.00262. The molecule has 17 heavy (non-hydrogen) atoms. The summed E-state index contributed by atoms with van der Waals surface area (Å²) in [5.74, 6) is -2.57. The minimum atomic E-state index is -2.52. The van der Waals surface area contributed by atoms with Crippen LogP contribution < -0.4 is 0 Å². The summed E-state index contributed by atoms with van der Waals surface area (Å²) < 4.78 is 26.0. The van der Waals surface area contributed by atoms with Crippen molar-refractivity contribution >= 4 is 0 Å². The van der Waals surface area contributed by atoms with Crippen LogP contribution in [0.2, 0.25) is 0 Å². The van der Waals surface area contributed by atoms with Gasteiger partial charge in [0.2, 0.25) is 5.92 Å². The first kappa shape index (κ1) is 12.4. The minimum Gasteiger partial charge on any atom is -0.393 e. The Morgan fingerprint density at radius 1 is 1.47 bits per heavy atom. The van der Waals surface area contributed by atoms with Gasteiger partial charge in [0, 0.05) is 31.2 Å². The van der Waals surface area contributed by atoms with Crippen molar-refractivity contribution in [2.24, 2.45) is 5.92 Å². The first-order valence-corrected chi connectivity index (χ1v) is 6.01. The molecule has 0 aromatic carbocycles. The summed E-state index contributed by atoms with van der Waals surface area (Å²) in [6.07, 6.45) is 2.41. The van der Waals surface area contributed by atoms with E-state index in [1.54, 1.807) is 6.20 Å². The molecule has 1 N–H and O–H groups in total. The SMILES string of the molecule is OC(Cc1ccccn1)CC1CCC(F)(F)C1. The number of aromatic nitrogens is 1. The van der Waals surface area contributed by atoms with Crippen LogP contribution in [0.15, 0.2) is 24.4 Å². The van der Waals surface area contributed by atoms with Gasteiger partial charge in [0.25, 0.3) is 0 Å². The summed E-state index contributed by atoms with van der Waals surface area (Å²) in [6.45, 7) is 0. The number of aliphatic hydroxyl groups is 1. The third-order valence-corrected chi connectivity index (χ3v) is 3.28. The van der Waals surface area contributed by atoms with Crippen molar-refractivity contribution in [2.75, 3.05) is 0 Å². The first-order chi connectivity index (χ1) is 8.05. The number of alkyl halides is 2. The Labute approximate surface area is 99.7 Å². The molecule has 94 valence electrons. The van der Waals surface area contributed by atoms with Gasteiger partial charge < -0.3 is 5.11 Å². The molecule has 0 bridgehead atoms. The molecule has 1 aliphatic rings. The summed E-state index contributed by atoms with van der Waals surface area (Å²) in [4.78, 5) is 4.11. The lowest BCUT2D eigenvalue weighted by atomic mass is 9.97. The molecule has 1 aliphatic carbocycles. The summed E-state index contributed by atoms with van der Waals surface area (Å²) in [7, 11) is 0. The van der Waals surface area contributed by atoms with Crippen LogP contribution in [-0.4, -0.2) is 22.1 Å². The Bertz CT molecular complexity index is 356. The molecule has 0 amide bonds. The van der Waals surface area contributed by atoms with Gasteiger partial charge in [-0.3, -0.25) is 4.98 Å². The van der Waals surface area contributed by atoms with Gasteiger partial charge in [-0.15, -0.1) is 0 Å². The second-order valence-electron chi connectivity index (χ2n) is 4.88. The van der Waals surface area contributed by atoms with Crippen molar-refractivity contribution in [3.05, 3.63) is 30.1 Å². The Hall–Kier alpha value is -1.03. The molecule has 4 heteroatoms. The molecular formula is C13H17F2NO. The van der Waals surface area contributed by atoms with Gasteiger partial charge in [-0.05, 0) is 30.9 Å². The molecular weight excluding hydrogens is 224 g/mol. The average Bonchev–Trinajstić information content (AvgIpc) is 2.59. The van der Waals surface area contributed by atoms with Crippen LogP contribution in [0.25, 0.3) is 0 Å². The zero-order valence-electron chi connectivity index (χ0n) is 9.65. The maximum atomic E-state index is 13.0. The summed E-state index contributed by atoms with van der Waals surface area (Å²) >= 11 is 0. The van der Waals surface area contributed by atoms with Crippen molar-refractivity contribution in [3.8, 4) is 0 Å². The van der Waals surface area contributed by atoms with E-state index in [-0.39, 0.29) is 18.8 Å². The van der Waals surface area contributed by atoms with Crippen molar-refractivity contribution in [2.45, 2.75) is 44.1 Å². The minimum absolute atomic E-state index is 0.0338. The Kier molecular flexibility index (Phi) is 3.72. The van der Waals surface area contributed by atoms with Crippen molar-refractivity contribution in [1.29, 1.82) is 0 Å². The maximum Gasteiger partial charge on any atom is 0.248 e. The van der Waals surface area contributed by atoms with Gasteiger partial charge in [0.05, 0.1) is 6.10 Å². The number of halogens is 2. The lowest BCUT2D eigenvalue weighted by Crippen LogP contribution is -2.17. The maximum absolute atomic E-state index is 13.0. The second-order valence-corrected chi connectivity index (χ2v) is 4.88. The molecule has 2 rings (SSSR count). The van der Waals surface area contributed by atoms with Gasteiger partial charge in [0.1, 0.15) is 0 Å². The molecule has 1 fully saturated rings. The molecule has 1 aromatic heterocycles. The fourth-order valence-corrected chi connectivity index (χ4v) is 2.47. The highest BCUT2D eigenvalue weighted by atomic mass is 19.3. The molecule has 1 heterocycles. The summed E-state index contributed by atoms with van der Waals surface area (Å²) in [5, 5.41) is 9.85. The van der Waals surface area contributed by atoms with E-state index >= 15 is 0 Å².